The van der Waals surface area contributed by atoms with Crippen molar-refractivity contribution < 1.29 is 19.1 Å². The summed E-state index contributed by atoms with van der Waals surface area (Å²) in [5.74, 6) is 0.309. The predicted molar refractivity (Wildman–Crippen MR) is 130 cm³/mol. The molecule has 0 saturated heterocycles. The number of rotatable bonds is 8. The van der Waals surface area contributed by atoms with Crippen LogP contribution in [0.2, 0.25) is 0 Å². The van der Waals surface area contributed by atoms with Crippen LogP contribution in [0.4, 0.5) is 4.79 Å². The van der Waals surface area contributed by atoms with Gasteiger partial charge in [0.25, 0.3) is 0 Å². The lowest BCUT2D eigenvalue weighted by atomic mass is 9.92. The van der Waals surface area contributed by atoms with E-state index < -0.39 is 12.0 Å². The summed E-state index contributed by atoms with van der Waals surface area (Å²) in [5.41, 5.74) is 4.85. The Hall–Kier alpha value is -4.06. The van der Waals surface area contributed by atoms with Gasteiger partial charge in [-0.1, -0.05) is 72.3 Å². The molecule has 0 aromatic heterocycles. The van der Waals surface area contributed by atoms with Gasteiger partial charge in [0.05, 0.1) is 18.7 Å². The smallest absolute Gasteiger partial charge is 0.338 e. The molecule has 3 aromatic rings. The van der Waals surface area contributed by atoms with Crippen LogP contribution in [0.3, 0.4) is 0 Å². The highest BCUT2D eigenvalue weighted by Gasteiger charge is 2.33. The molecule has 0 bridgehead atoms. The van der Waals surface area contributed by atoms with Crippen LogP contribution in [0, 0.1) is 6.92 Å². The summed E-state index contributed by atoms with van der Waals surface area (Å²) in [6, 6.07) is 24.1. The molecule has 1 heterocycles. The molecule has 1 aliphatic rings. The van der Waals surface area contributed by atoms with E-state index in [1.807, 2.05) is 85.8 Å². The van der Waals surface area contributed by atoms with E-state index in [1.165, 1.54) is 0 Å². The molecular formula is C28H28N2O4. The zero-order valence-electron chi connectivity index (χ0n) is 19.3. The lowest BCUT2D eigenvalue weighted by Crippen LogP contribution is -2.46. The number of aryl methyl sites for hydroxylation is 2. The highest BCUT2D eigenvalue weighted by Crippen LogP contribution is 2.30. The number of allylic oxidation sites excluding steroid dienone is 1. The maximum Gasteiger partial charge on any atom is 0.338 e. The highest BCUT2D eigenvalue weighted by atomic mass is 16.5. The SMILES string of the molecule is COc1cccc(CCC2=C(C(=O)OCc3ccccc3)C(c3ccc(C)cc3)NC(=O)N2)c1. The van der Waals surface area contributed by atoms with Crippen molar-refractivity contribution in [2.75, 3.05) is 7.11 Å². The molecule has 2 N–H and O–H groups in total. The van der Waals surface area contributed by atoms with Gasteiger partial charge in [0, 0.05) is 5.70 Å². The standard InChI is InChI=1S/C28H28N2O4/c1-19-11-14-22(15-12-19)26-25(27(31)34-18-21-7-4-3-5-8-21)24(29-28(32)30-26)16-13-20-9-6-10-23(17-20)33-2/h3-12,14-15,17,26H,13,16,18H2,1-2H3,(H2,29,30,32). The summed E-state index contributed by atoms with van der Waals surface area (Å²) in [6.07, 6.45) is 1.10. The third kappa shape index (κ3) is 5.64. The normalized spacial score (nSPS) is 15.4. The van der Waals surface area contributed by atoms with Crippen molar-refractivity contribution in [3.63, 3.8) is 0 Å². The van der Waals surface area contributed by atoms with E-state index in [0.717, 1.165) is 28.0 Å². The molecule has 3 aromatic carbocycles. The molecule has 6 nitrogen and oxygen atoms in total. The average Bonchev–Trinajstić information content (AvgIpc) is 2.87. The van der Waals surface area contributed by atoms with Gasteiger partial charge < -0.3 is 20.1 Å². The van der Waals surface area contributed by atoms with Crippen molar-refractivity contribution in [3.8, 4) is 5.75 Å². The number of methoxy groups -OCH3 is 1. The van der Waals surface area contributed by atoms with Gasteiger partial charge in [0.15, 0.2) is 0 Å². The van der Waals surface area contributed by atoms with Crippen LogP contribution in [-0.4, -0.2) is 19.1 Å². The lowest BCUT2D eigenvalue weighted by molar-refractivity contribution is -0.140. The van der Waals surface area contributed by atoms with Crippen LogP contribution in [0.1, 0.15) is 34.7 Å². The lowest BCUT2D eigenvalue weighted by Gasteiger charge is -2.29. The molecule has 174 valence electrons. The maximum atomic E-state index is 13.4. The van der Waals surface area contributed by atoms with Crippen LogP contribution >= 0.6 is 0 Å². The Morgan fingerprint density at radius 2 is 1.65 bits per heavy atom. The number of hydrogen-bond donors (Lipinski definition) is 2. The average molecular weight is 457 g/mol. The van der Waals surface area contributed by atoms with Gasteiger partial charge in [-0.3, -0.25) is 0 Å². The number of esters is 1. The minimum Gasteiger partial charge on any atom is -0.497 e. The number of benzene rings is 3. The van der Waals surface area contributed by atoms with Crippen LogP contribution in [0.25, 0.3) is 0 Å². The number of urea groups is 1. The first-order chi connectivity index (χ1) is 16.5. The van der Waals surface area contributed by atoms with E-state index in [1.54, 1.807) is 7.11 Å². The number of carbonyl (C=O) groups is 2. The van der Waals surface area contributed by atoms with Crippen LogP contribution in [0.15, 0.2) is 90.1 Å². The van der Waals surface area contributed by atoms with Crippen LogP contribution < -0.4 is 15.4 Å². The number of carbonyl (C=O) groups excluding carboxylic acids is 2. The Morgan fingerprint density at radius 3 is 2.38 bits per heavy atom. The van der Waals surface area contributed by atoms with Gasteiger partial charge in [0.2, 0.25) is 0 Å². The van der Waals surface area contributed by atoms with Gasteiger partial charge in [0.1, 0.15) is 12.4 Å². The van der Waals surface area contributed by atoms with E-state index in [2.05, 4.69) is 10.6 Å². The van der Waals surface area contributed by atoms with Gasteiger partial charge in [-0.2, -0.15) is 0 Å². The second-order valence-electron chi connectivity index (χ2n) is 8.25. The van der Waals surface area contributed by atoms with E-state index in [-0.39, 0.29) is 12.6 Å². The predicted octanol–water partition coefficient (Wildman–Crippen LogP) is 4.99. The van der Waals surface area contributed by atoms with Gasteiger partial charge in [-0.25, -0.2) is 9.59 Å². The summed E-state index contributed by atoms with van der Waals surface area (Å²) in [6.45, 7) is 2.15. The van der Waals surface area contributed by atoms with Gasteiger partial charge >= 0.3 is 12.0 Å². The molecule has 4 rings (SSSR count). The fourth-order valence-electron chi connectivity index (χ4n) is 3.96. The molecule has 2 amide bonds. The quantitative estimate of drug-likeness (QED) is 0.469. The van der Waals surface area contributed by atoms with Crippen molar-refractivity contribution in [2.45, 2.75) is 32.4 Å². The topological polar surface area (TPSA) is 76.7 Å². The summed E-state index contributed by atoms with van der Waals surface area (Å²) in [4.78, 5) is 25.9. The number of ether oxygens (including phenoxy) is 2. The van der Waals surface area contributed by atoms with Crippen molar-refractivity contribution >= 4 is 12.0 Å². The Balaban J connectivity index is 1.64. The zero-order chi connectivity index (χ0) is 23.9. The second-order valence-corrected chi connectivity index (χ2v) is 8.25. The Kier molecular flexibility index (Phi) is 7.28. The van der Waals surface area contributed by atoms with E-state index in [9.17, 15) is 9.59 Å². The van der Waals surface area contributed by atoms with Crippen LogP contribution in [0.5, 0.6) is 5.75 Å². The Bertz CT molecular complexity index is 1190. The molecule has 0 saturated carbocycles. The van der Waals surface area contributed by atoms with E-state index >= 15 is 0 Å². The molecule has 6 heteroatoms. The molecule has 1 unspecified atom stereocenters. The monoisotopic (exact) mass is 456 g/mol. The van der Waals surface area contributed by atoms with Crippen molar-refractivity contribution in [1.82, 2.24) is 10.6 Å². The van der Waals surface area contributed by atoms with Crippen LogP contribution in [-0.2, 0) is 22.6 Å². The Morgan fingerprint density at radius 1 is 0.912 bits per heavy atom. The summed E-state index contributed by atoms with van der Waals surface area (Å²) in [7, 11) is 1.63. The van der Waals surface area contributed by atoms with Gasteiger partial charge in [-0.05, 0) is 48.6 Å². The minimum absolute atomic E-state index is 0.154. The number of amides is 2. The summed E-state index contributed by atoms with van der Waals surface area (Å²) < 4.78 is 11.0. The number of hydrogen-bond acceptors (Lipinski definition) is 4. The van der Waals surface area contributed by atoms with Crippen molar-refractivity contribution in [1.29, 1.82) is 0 Å². The first kappa shape index (κ1) is 23.1. The molecular weight excluding hydrogens is 428 g/mol. The minimum atomic E-state index is -0.599. The fourth-order valence-corrected chi connectivity index (χ4v) is 3.96. The van der Waals surface area contributed by atoms with Gasteiger partial charge in [-0.15, -0.1) is 0 Å². The maximum absolute atomic E-state index is 13.4. The zero-order valence-corrected chi connectivity index (χ0v) is 19.3. The fraction of sp³-hybridized carbons (Fsp3) is 0.214. The molecule has 1 atom stereocenters. The third-order valence-electron chi connectivity index (χ3n) is 5.79. The molecule has 0 aliphatic carbocycles. The summed E-state index contributed by atoms with van der Waals surface area (Å²) in [5, 5.41) is 5.75. The van der Waals surface area contributed by atoms with Crippen molar-refractivity contribution in [2.24, 2.45) is 0 Å². The molecule has 1 aliphatic heterocycles. The Labute approximate surface area is 199 Å². The molecule has 0 spiro atoms. The largest absolute Gasteiger partial charge is 0.497 e. The first-order valence-corrected chi connectivity index (χ1v) is 11.2. The number of nitrogens with one attached hydrogen (secondary N) is 2. The molecule has 0 fully saturated rings. The highest BCUT2D eigenvalue weighted by molar-refractivity contribution is 5.95. The van der Waals surface area contributed by atoms with E-state index in [0.29, 0.717) is 24.1 Å². The van der Waals surface area contributed by atoms with Crippen molar-refractivity contribution in [3.05, 3.63) is 112 Å². The third-order valence-corrected chi connectivity index (χ3v) is 5.79. The van der Waals surface area contributed by atoms with E-state index in [4.69, 9.17) is 9.47 Å². The first-order valence-electron chi connectivity index (χ1n) is 11.2. The second kappa shape index (κ2) is 10.7. The molecule has 34 heavy (non-hydrogen) atoms. The summed E-state index contributed by atoms with van der Waals surface area (Å²) >= 11 is 0. The molecule has 0 radical (unpaired) electrons.